The molecular weight excluding hydrogens is 382 g/mol. The van der Waals surface area contributed by atoms with Gasteiger partial charge in [-0.25, -0.2) is 0 Å². The Morgan fingerprint density at radius 2 is 2.17 bits per heavy atom. The van der Waals surface area contributed by atoms with Gasteiger partial charge < -0.3 is 18.6 Å². The molecule has 1 aliphatic heterocycles. The van der Waals surface area contributed by atoms with Crippen molar-refractivity contribution in [1.29, 1.82) is 0 Å². The van der Waals surface area contributed by atoms with Crippen molar-refractivity contribution in [2.45, 2.75) is 52.2 Å². The molecule has 7 nitrogen and oxygen atoms in total. The molecule has 3 heterocycles. The van der Waals surface area contributed by atoms with Crippen LogP contribution in [0.3, 0.4) is 0 Å². The fourth-order valence-corrected chi connectivity index (χ4v) is 4.60. The molecule has 0 bridgehead atoms. The average molecular weight is 412 g/mol. The smallest absolute Gasteiger partial charge is 0.325 e. The number of benzene rings is 1. The lowest BCUT2D eigenvalue weighted by atomic mass is 10.0. The number of aromatic nitrogens is 2. The van der Waals surface area contributed by atoms with Crippen LogP contribution in [0.2, 0.25) is 0 Å². The molecule has 160 valence electrons. The summed E-state index contributed by atoms with van der Waals surface area (Å²) in [6.45, 7) is 6.13. The summed E-state index contributed by atoms with van der Waals surface area (Å²) in [6.07, 6.45) is 5.15. The second kappa shape index (κ2) is 8.52. The summed E-state index contributed by atoms with van der Waals surface area (Å²) >= 11 is 0. The van der Waals surface area contributed by atoms with Crippen LogP contribution in [0.5, 0.6) is 5.75 Å². The number of esters is 1. The highest BCUT2D eigenvalue weighted by molar-refractivity contribution is 5.86. The monoisotopic (exact) mass is 411 g/mol. The zero-order valence-corrected chi connectivity index (χ0v) is 18.1. The van der Waals surface area contributed by atoms with Crippen LogP contribution in [0, 0.1) is 6.92 Å². The van der Waals surface area contributed by atoms with Gasteiger partial charge in [0.05, 0.1) is 19.9 Å². The second-order valence-corrected chi connectivity index (χ2v) is 7.83. The number of rotatable bonds is 7. The topological polar surface area (TPSA) is 69.7 Å². The number of fused-ring (bicyclic) bond motifs is 1. The first kappa shape index (κ1) is 20.5. The average Bonchev–Trinajstić information content (AvgIpc) is 3.45. The number of carbonyl (C=O) groups excluding carboxylic acids is 1. The maximum absolute atomic E-state index is 11.9. The number of aryl methyl sites for hydroxylation is 2. The van der Waals surface area contributed by atoms with Gasteiger partial charge in [-0.2, -0.15) is 0 Å². The highest BCUT2D eigenvalue weighted by atomic mass is 16.5. The number of carbonyl (C=O) groups is 1. The van der Waals surface area contributed by atoms with Gasteiger partial charge in [0.1, 0.15) is 18.1 Å². The zero-order valence-electron chi connectivity index (χ0n) is 18.1. The maximum Gasteiger partial charge on any atom is 0.325 e. The van der Waals surface area contributed by atoms with E-state index in [1.165, 1.54) is 18.2 Å². The van der Waals surface area contributed by atoms with E-state index in [1.807, 2.05) is 29.7 Å². The van der Waals surface area contributed by atoms with Crippen LogP contribution in [0.1, 0.15) is 48.4 Å². The number of likely N-dealkylation sites (tertiary alicyclic amines) is 1. The van der Waals surface area contributed by atoms with Crippen LogP contribution >= 0.6 is 0 Å². The number of ether oxygens (including phenoxy) is 2. The van der Waals surface area contributed by atoms with E-state index >= 15 is 0 Å². The first-order valence-electron chi connectivity index (χ1n) is 10.5. The van der Waals surface area contributed by atoms with Gasteiger partial charge in [-0.1, -0.05) is 12.1 Å². The second-order valence-electron chi connectivity index (χ2n) is 7.83. The molecule has 7 heteroatoms. The molecule has 0 spiro atoms. The number of methoxy groups -OCH3 is 2. The molecule has 3 aromatic rings. The van der Waals surface area contributed by atoms with Crippen molar-refractivity contribution in [3.8, 4) is 5.75 Å². The van der Waals surface area contributed by atoms with E-state index in [-0.39, 0.29) is 12.5 Å². The number of hydrogen-bond donors (Lipinski definition) is 0. The summed E-state index contributed by atoms with van der Waals surface area (Å²) in [5.74, 6) is 1.53. The van der Waals surface area contributed by atoms with Crippen molar-refractivity contribution in [2.75, 3.05) is 20.8 Å². The quantitative estimate of drug-likeness (QED) is 0.547. The molecule has 1 saturated heterocycles. The lowest BCUT2D eigenvalue weighted by Crippen LogP contribution is -2.23. The summed E-state index contributed by atoms with van der Waals surface area (Å²) in [6, 6.07) is 6.27. The number of hydrogen-bond acceptors (Lipinski definition) is 6. The van der Waals surface area contributed by atoms with Crippen molar-refractivity contribution in [3.05, 3.63) is 47.0 Å². The van der Waals surface area contributed by atoms with Crippen molar-refractivity contribution in [3.63, 3.8) is 0 Å². The van der Waals surface area contributed by atoms with Gasteiger partial charge >= 0.3 is 5.97 Å². The summed E-state index contributed by atoms with van der Waals surface area (Å²) in [5.41, 5.74) is 4.40. The molecule has 2 aromatic heterocycles. The lowest BCUT2D eigenvalue weighted by Gasteiger charge is -2.24. The van der Waals surface area contributed by atoms with Gasteiger partial charge in [-0.05, 0) is 50.1 Å². The van der Waals surface area contributed by atoms with E-state index in [4.69, 9.17) is 14.0 Å². The molecule has 0 unspecified atom stereocenters. The molecule has 1 aromatic carbocycles. The molecule has 1 atom stereocenters. The first-order valence-corrected chi connectivity index (χ1v) is 10.5. The SMILES string of the molecule is CCc1onc(C)c1[C@H]1CCCN1Cc1cn(CC(=O)OC)c2ccc(OC)cc12. The van der Waals surface area contributed by atoms with E-state index in [0.29, 0.717) is 6.04 Å². The van der Waals surface area contributed by atoms with Gasteiger partial charge in [0.25, 0.3) is 0 Å². The van der Waals surface area contributed by atoms with Crippen molar-refractivity contribution in [2.24, 2.45) is 0 Å². The molecule has 4 rings (SSSR count). The minimum Gasteiger partial charge on any atom is -0.497 e. The molecule has 0 N–H and O–H groups in total. The molecule has 30 heavy (non-hydrogen) atoms. The predicted octanol–water partition coefficient (Wildman–Crippen LogP) is 4.02. The van der Waals surface area contributed by atoms with Crippen molar-refractivity contribution < 1.29 is 18.8 Å². The van der Waals surface area contributed by atoms with Crippen LogP contribution in [0.15, 0.2) is 28.9 Å². The Kier molecular flexibility index (Phi) is 5.81. The Balaban J connectivity index is 1.70. The summed E-state index contributed by atoms with van der Waals surface area (Å²) in [7, 11) is 3.09. The Labute approximate surface area is 176 Å². The highest BCUT2D eigenvalue weighted by Crippen LogP contribution is 2.38. The van der Waals surface area contributed by atoms with Crippen LogP contribution in [-0.2, 0) is 29.0 Å². The van der Waals surface area contributed by atoms with E-state index in [2.05, 4.69) is 23.2 Å². The molecule has 0 radical (unpaired) electrons. The largest absolute Gasteiger partial charge is 0.497 e. The van der Waals surface area contributed by atoms with Gasteiger partial charge in [0.2, 0.25) is 0 Å². The van der Waals surface area contributed by atoms with Crippen molar-refractivity contribution >= 4 is 16.9 Å². The van der Waals surface area contributed by atoms with Gasteiger partial charge in [0, 0.05) is 41.7 Å². The van der Waals surface area contributed by atoms with Crippen molar-refractivity contribution in [1.82, 2.24) is 14.6 Å². The third-order valence-electron chi connectivity index (χ3n) is 6.07. The van der Waals surface area contributed by atoms with E-state index < -0.39 is 0 Å². The predicted molar refractivity (Wildman–Crippen MR) is 114 cm³/mol. The van der Waals surface area contributed by atoms with E-state index in [9.17, 15) is 4.79 Å². The van der Waals surface area contributed by atoms with Gasteiger partial charge in [-0.3, -0.25) is 9.69 Å². The van der Waals surface area contributed by atoms with Gasteiger partial charge in [-0.15, -0.1) is 0 Å². The molecule has 1 fully saturated rings. The minimum absolute atomic E-state index is 0.188. The van der Waals surface area contributed by atoms with Crippen LogP contribution in [0.25, 0.3) is 10.9 Å². The third-order valence-corrected chi connectivity index (χ3v) is 6.07. The minimum atomic E-state index is -0.263. The molecule has 0 amide bonds. The zero-order chi connectivity index (χ0) is 21.3. The third kappa shape index (κ3) is 3.69. The molecule has 0 saturated carbocycles. The Bertz CT molecular complexity index is 1050. The Hall–Kier alpha value is -2.80. The van der Waals surface area contributed by atoms with E-state index in [1.54, 1.807) is 7.11 Å². The fourth-order valence-electron chi connectivity index (χ4n) is 4.60. The highest BCUT2D eigenvalue weighted by Gasteiger charge is 2.32. The molecule has 1 aliphatic rings. The fraction of sp³-hybridized carbons (Fsp3) is 0.478. The summed E-state index contributed by atoms with van der Waals surface area (Å²) in [4.78, 5) is 14.4. The molecule has 0 aliphatic carbocycles. The molecular formula is C23H29N3O4. The van der Waals surface area contributed by atoms with Crippen LogP contribution in [0.4, 0.5) is 0 Å². The van der Waals surface area contributed by atoms with Crippen LogP contribution in [-0.4, -0.2) is 41.4 Å². The summed E-state index contributed by atoms with van der Waals surface area (Å²) < 4.78 is 17.9. The van der Waals surface area contributed by atoms with Crippen LogP contribution < -0.4 is 4.74 Å². The summed E-state index contributed by atoms with van der Waals surface area (Å²) in [5, 5.41) is 5.32. The number of nitrogens with zero attached hydrogens (tertiary/aromatic N) is 3. The Morgan fingerprint density at radius 3 is 2.90 bits per heavy atom. The van der Waals surface area contributed by atoms with E-state index in [0.717, 1.165) is 60.5 Å². The Morgan fingerprint density at radius 1 is 1.33 bits per heavy atom. The maximum atomic E-state index is 11.9. The normalized spacial score (nSPS) is 17.0. The first-order chi connectivity index (χ1) is 14.5. The standard InChI is InChI=1S/C23H29N3O4/c1-5-21-23(15(2)24-30-21)20-7-6-10-25(20)12-16-13-26(14-22(27)29-4)19-9-8-17(28-3)11-18(16)19/h8-9,11,13,20H,5-7,10,12,14H2,1-4H3/t20-/m1/s1. The lowest BCUT2D eigenvalue weighted by molar-refractivity contribution is -0.141. The van der Waals surface area contributed by atoms with Gasteiger partial charge in [0.15, 0.2) is 0 Å².